The van der Waals surface area contributed by atoms with Gasteiger partial charge in [0.15, 0.2) is 5.65 Å². The van der Waals surface area contributed by atoms with Gasteiger partial charge in [-0.2, -0.15) is 4.98 Å². The molecule has 3 aromatic rings. The number of likely N-dealkylation sites (N-methyl/N-ethyl adjacent to an activating group) is 1. The molecule has 1 N–H and O–H groups in total. The molecule has 0 amide bonds. The summed E-state index contributed by atoms with van der Waals surface area (Å²) in [6.07, 6.45) is 2.27. The molecule has 0 saturated carbocycles. The van der Waals surface area contributed by atoms with Crippen molar-refractivity contribution in [3.05, 3.63) is 51.1 Å². The molecular weight excluding hydrogens is 417 g/mol. The zero-order valence-corrected chi connectivity index (χ0v) is 17.9. The van der Waals surface area contributed by atoms with Crippen molar-refractivity contribution in [3.63, 3.8) is 0 Å². The first kappa shape index (κ1) is 19.8. The molecule has 1 aromatic carbocycles. The zero-order valence-electron chi connectivity index (χ0n) is 15.6. The molecule has 5 nitrogen and oxygen atoms in total. The van der Waals surface area contributed by atoms with Crippen LogP contribution in [0.15, 0.2) is 30.3 Å². The summed E-state index contributed by atoms with van der Waals surface area (Å²) < 4.78 is 0. The topological polar surface area (TPSA) is 48.1 Å². The van der Waals surface area contributed by atoms with Gasteiger partial charge in [-0.25, -0.2) is 4.98 Å². The summed E-state index contributed by atoms with van der Waals surface area (Å²) in [5.74, 6) is 0.858. The summed E-state index contributed by atoms with van der Waals surface area (Å²) >= 11 is 18.3. The molecule has 2 aromatic heterocycles. The number of rotatable bonds is 5. The number of aromatic nitrogens is 3. The first-order valence-corrected chi connectivity index (χ1v) is 10.6. The van der Waals surface area contributed by atoms with Crippen molar-refractivity contribution >= 4 is 51.9 Å². The number of hydrogen-bond acceptors (Lipinski definition) is 4. The van der Waals surface area contributed by atoms with Crippen LogP contribution in [0.25, 0.3) is 11.2 Å². The van der Waals surface area contributed by atoms with E-state index in [0.717, 1.165) is 56.0 Å². The molecule has 1 atom stereocenters. The number of nitrogens with one attached hydrogen (secondary N) is 1. The Morgan fingerprint density at radius 3 is 2.68 bits per heavy atom. The molecule has 0 aliphatic carbocycles. The van der Waals surface area contributed by atoms with Crippen LogP contribution in [0.2, 0.25) is 15.2 Å². The first-order valence-electron chi connectivity index (χ1n) is 9.48. The lowest BCUT2D eigenvalue weighted by Gasteiger charge is -2.39. The summed E-state index contributed by atoms with van der Waals surface area (Å²) in [7, 11) is 0. The van der Waals surface area contributed by atoms with E-state index in [1.54, 1.807) is 12.1 Å². The second kappa shape index (κ2) is 8.46. The van der Waals surface area contributed by atoms with Gasteiger partial charge in [0.05, 0.1) is 5.52 Å². The molecule has 0 spiro atoms. The van der Waals surface area contributed by atoms with Crippen LogP contribution in [0.5, 0.6) is 0 Å². The minimum absolute atomic E-state index is 0.432. The van der Waals surface area contributed by atoms with Crippen LogP contribution in [0.4, 0.5) is 5.95 Å². The van der Waals surface area contributed by atoms with E-state index in [-0.39, 0.29) is 0 Å². The number of nitrogens with zero attached hydrogens (tertiary/aromatic N) is 4. The van der Waals surface area contributed by atoms with Crippen molar-refractivity contribution < 1.29 is 0 Å². The molecule has 1 saturated heterocycles. The van der Waals surface area contributed by atoms with Gasteiger partial charge >= 0.3 is 0 Å². The van der Waals surface area contributed by atoms with E-state index < -0.39 is 0 Å². The predicted octanol–water partition coefficient (Wildman–Crippen LogP) is 5.41. The highest BCUT2D eigenvalue weighted by molar-refractivity contribution is 6.34. The van der Waals surface area contributed by atoms with Crippen LogP contribution in [0.1, 0.15) is 25.3 Å². The van der Waals surface area contributed by atoms with Crippen molar-refractivity contribution in [2.45, 2.75) is 32.4 Å². The molecule has 0 bridgehead atoms. The van der Waals surface area contributed by atoms with Crippen LogP contribution < -0.4 is 4.90 Å². The van der Waals surface area contributed by atoms with Crippen molar-refractivity contribution in [1.82, 2.24) is 19.9 Å². The van der Waals surface area contributed by atoms with E-state index in [0.29, 0.717) is 26.9 Å². The second-order valence-electron chi connectivity index (χ2n) is 7.15. The maximum atomic E-state index is 6.18. The normalized spacial score (nSPS) is 17.6. The minimum atomic E-state index is 0.432. The lowest BCUT2D eigenvalue weighted by atomic mass is 10.0. The average molecular weight is 439 g/mol. The van der Waals surface area contributed by atoms with Crippen molar-refractivity contribution in [2.24, 2.45) is 0 Å². The number of fused-ring (bicyclic) bond motifs is 1. The number of piperidine rings is 1. The molecule has 1 aliphatic rings. The predicted molar refractivity (Wildman–Crippen MR) is 117 cm³/mol. The van der Waals surface area contributed by atoms with Gasteiger partial charge in [-0.05, 0) is 55.3 Å². The van der Waals surface area contributed by atoms with Crippen LogP contribution in [0.3, 0.4) is 0 Å². The van der Waals surface area contributed by atoms with E-state index in [4.69, 9.17) is 34.8 Å². The fraction of sp³-hybridized carbons (Fsp3) is 0.400. The first-order chi connectivity index (χ1) is 13.5. The Hall–Kier alpha value is -1.53. The maximum absolute atomic E-state index is 6.18. The lowest BCUT2D eigenvalue weighted by Crippen LogP contribution is -2.48. The van der Waals surface area contributed by atoms with Crippen LogP contribution in [-0.4, -0.2) is 45.5 Å². The molecule has 0 unspecified atom stereocenters. The van der Waals surface area contributed by atoms with Crippen molar-refractivity contribution in [2.75, 3.05) is 24.5 Å². The van der Waals surface area contributed by atoms with Gasteiger partial charge in [0.25, 0.3) is 0 Å². The third-order valence-electron chi connectivity index (χ3n) is 5.23. The molecule has 0 radical (unpaired) electrons. The van der Waals surface area contributed by atoms with Crippen LogP contribution in [-0.2, 0) is 6.54 Å². The van der Waals surface area contributed by atoms with Gasteiger partial charge in [-0.1, -0.05) is 41.7 Å². The number of H-pyrrole nitrogens is 1. The molecule has 1 aliphatic heterocycles. The number of halogens is 3. The maximum Gasteiger partial charge on any atom is 0.205 e. The number of benzene rings is 1. The van der Waals surface area contributed by atoms with E-state index in [2.05, 4.69) is 31.7 Å². The SMILES string of the molecule is CCN(Cc1cc(Cl)cc(Cl)c1)[C@H]1CCCN(c2nc3nc(Cl)ccc3[nH]2)C1. The highest BCUT2D eigenvalue weighted by atomic mass is 35.5. The third-order valence-corrected chi connectivity index (χ3v) is 5.87. The largest absolute Gasteiger partial charge is 0.341 e. The van der Waals surface area contributed by atoms with Crippen molar-refractivity contribution in [1.29, 1.82) is 0 Å². The fourth-order valence-electron chi connectivity index (χ4n) is 3.89. The zero-order chi connectivity index (χ0) is 19.7. The van der Waals surface area contributed by atoms with E-state index in [1.807, 2.05) is 18.2 Å². The number of anilines is 1. The number of hydrogen-bond donors (Lipinski definition) is 1. The quantitative estimate of drug-likeness (QED) is 0.541. The van der Waals surface area contributed by atoms with E-state index in [1.165, 1.54) is 0 Å². The standard InChI is InChI=1S/C20H22Cl3N5/c1-2-27(11-13-8-14(21)10-15(22)9-13)16-4-3-7-28(12-16)20-24-17-5-6-18(23)25-19(17)26-20/h5-6,8-10,16H,2-4,7,11-12H2,1H3,(H,24,25,26)/t16-/m0/s1. The molecule has 3 heterocycles. The second-order valence-corrected chi connectivity index (χ2v) is 8.41. The lowest BCUT2D eigenvalue weighted by molar-refractivity contribution is 0.175. The summed E-state index contributed by atoms with van der Waals surface area (Å²) in [4.78, 5) is 17.1. The average Bonchev–Trinajstić information content (AvgIpc) is 3.08. The molecule has 28 heavy (non-hydrogen) atoms. The molecular formula is C20H22Cl3N5. The highest BCUT2D eigenvalue weighted by Gasteiger charge is 2.26. The van der Waals surface area contributed by atoms with Gasteiger partial charge in [0.1, 0.15) is 5.15 Å². The Bertz CT molecular complexity index is 953. The van der Waals surface area contributed by atoms with Gasteiger partial charge in [0, 0.05) is 35.7 Å². The summed E-state index contributed by atoms with van der Waals surface area (Å²) in [5, 5.41) is 1.81. The Morgan fingerprint density at radius 2 is 1.93 bits per heavy atom. The summed E-state index contributed by atoms with van der Waals surface area (Å²) in [6.45, 7) is 5.87. The van der Waals surface area contributed by atoms with Gasteiger partial charge in [-0.3, -0.25) is 4.90 Å². The monoisotopic (exact) mass is 437 g/mol. The number of aromatic amines is 1. The third kappa shape index (κ3) is 4.38. The Morgan fingerprint density at radius 1 is 1.14 bits per heavy atom. The molecule has 8 heteroatoms. The fourth-order valence-corrected chi connectivity index (χ4v) is 4.60. The van der Waals surface area contributed by atoms with E-state index >= 15 is 0 Å². The van der Waals surface area contributed by atoms with Gasteiger partial charge in [-0.15, -0.1) is 0 Å². The van der Waals surface area contributed by atoms with Gasteiger partial charge in [0.2, 0.25) is 5.95 Å². The number of imidazole rings is 1. The minimum Gasteiger partial charge on any atom is -0.341 e. The van der Waals surface area contributed by atoms with Crippen LogP contribution in [0, 0.1) is 0 Å². The van der Waals surface area contributed by atoms with Crippen molar-refractivity contribution in [3.8, 4) is 0 Å². The summed E-state index contributed by atoms with van der Waals surface area (Å²) in [5.41, 5.74) is 2.70. The highest BCUT2D eigenvalue weighted by Crippen LogP contribution is 2.25. The Balaban J connectivity index is 1.51. The molecule has 4 rings (SSSR count). The van der Waals surface area contributed by atoms with Crippen LogP contribution >= 0.6 is 34.8 Å². The Labute approximate surface area is 179 Å². The Kier molecular flexibility index (Phi) is 5.97. The summed E-state index contributed by atoms with van der Waals surface area (Å²) in [6, 6.07) is 9.88. The smallest absolute Gasteiger partial charge is 0.205 e. The molecule has 1 fully saturated rings. The van der Waals surface area contributed by atoms with Gasteiger partial charge < -0.3 is 9.88 Å². The number of pyridine rings is 1. The molecule has 148 valence electrons. The van der Waals surface area contributed by atoms with E-state index in [9.17, 15) is 0 Å².